The van der Waals surface area contributed by atoms with Crippen molar-refractivity contribution in [1.29, 1.82) is 0 Å². The molecule has 3 heteroatoms. The quantitative estimate of drug-likeness (QED) is 0.586. The first-order valence-electron chi connectivity index (χ1n) is 3.52. The largest absolute Gasteiger partial charge is 0.480 e. The number of piperidine rings is 1. The second-order valence-electron chi connectivity index (χ2n) is 2.66. The number of carboxylic acids is 1. The van der Waals surface area contributed by atoms with E-state index < -0.39 is 5.97 Å². The van der Waals surface area contributed by atoms with E-state index in [0.717, 1.165) is 25.8 Å². The summed E-state index contributed by atoms with van der Waals surface area (Å²) < 4.78 is 0. The van der Waals surface area contributed by atoms with Gasteiger partial charge in [-0.1, -0.05) is 6.42 Å². The van der Waals surface area contributed by atoms with Gasteiger partial charge in [0, 0.05) is 7.05 Å². The molecular weight excluding hydrogens is 130 g/mol. The van der Waals surface area contributed by atoms with Crippen molar-refractivity contribution < 1.29 is 9.90 Å². The Morgan fingerprint density at radius 1 is 1.60 bits per heavy atom. The van der Waals surface area contributed by atoms with Crippen LogP contribution in [0.4, 0.5) is 0 Å². The second kappa shape index (κ2) is 3.01. The van der Waals surface area contributed by atoms with Gasteiger partial charge in [-0.25, -0.2) is 0 Å². The Labute approximate surface area is 60.6 Å². The lowest BCUT2D eigenvalue weighted by molar-refractivity contribution is -0.143. The van der Waals surface area contributed by atoms with Crippen molar-refractivity contribution in [2.45, 2.75) is 25.3 Å². The third-order valence-corrected chi connectivity index (χ3v) is 1.90. The molecule has 3 nitrogen and oxygen atoms in total. The van der Waals surface area contributed by atoms with E-state index in [1.807, 2.05) is 0 Å². The topological polar surface area (TPSA) is 40.5 Å². The number of aliphatic carboxylic acids is 1. The summed E-state index contributed by atoms with van der Waals surface area (Å²) in [6, 6.07) is -0.339. The van der Waals surface area contributed by atoms with Crippen molar-refractivity contribution in [3.05, 3.63) is 7.05 Å². The number of rotatable bonds is 1. The van der Waals surface area contributed by atoms with Crippen molar-refractivity contribution >= 4 is 5.97 Å². The van der Waals surface area contributed by atoms with Crippen LogP contribution in [0.15, 0.2) is 0 Å². The molecule has 0 amide bonds. The summed E-state index contributed by atoms with van der Waals surface area (Å²) in [5, 5.41) is 8.63. The van der Waals surface area contributed by atoms with Crippen LogP contribution in [0.5, 0.6) is 0 Å². The van der Waals surface area contributed by atoms with E-state index in [4.69, 9.17) is 5.11 Å². The SMILES string of the molecule is [CH2]N1CCCCC1C(=O)O. The van der Waals surface area contributed by atoms with Gasteiger partial charge in [-0.05, 0) is 19.4 Å². The van der Waals surface area contributed by atoms with Crippen molar-refractivity contribution in [1.82, 2.24) is 4.90 Å². The van der Waals surface area contributed by atoms with Crippen LogP contribution in [0.3, 0.4) is 0 Å². The van der Waals surface area contributed by atoms with Crippen LogP contribution in [0.25, 0.3) is 0 Å². The first kappa shape index (κ1) is 7.54. The highest BCUT2D eigenvalue weighted by molar-refractivity contribution is 5.73. The highest BCUT2D eigenvalue weighted by atomic mass is 16.4. The molecule has 1 aliphatic rings. The average Bonchev–Trinajstić information content (AvgIpc) is 1.88. The molecule has 1 unspecified atom stereocenters. The molecule has 1 radical (unpaired) electrons. The lowest BCUT2D eigenvalue weighted by Crippen LogP contribution is -2.40. The van der Waals surface area contributed by atoms with Crippen molar-refractivity contribution in [2.75, 3.05) is 6.54 Å². The van der Waals surface area contributed by atoms with E-state index in [9.17, 15) is 4.79 Å². The maximum absolute atomic E-state index is 10.5. The monoisotopic (exact) mass is 142 g/mol. The van der Waals surface area contributed by atoms with E-state index in [-0.39, 0.29) is 6.04 Å². The Morgan fingerprint density at radius 2 is 2.30 bits per heavy atom. The Balaban J connectivity index is 2.47. The number of carbonyl (C=O) groups is 1. The molecule has 10 heavy (non-hydrogen) atoms. The fourth-order valence-electron chi connectivity index (χ4n) is 1.27. The number of hydrogen-bond acceptors (Lipinski definition) is 2. The van der Waals surface area contributed by atoms with Crippen LogP contribution >= 0.6 is 0 Å². The molecule has 0 aromatic heterocycles. The summed E-state index contributed by atoms with van der Waals surface area (Å²) in [4.78, 5) is 12.1. The van der Waals surface area contributed by atoms with Crippen LogP contribution in [-0.4, -0.2) is 28.6 Å². The van der Waals surface area contributed by atoms with Gasteiger partial charge in [0.2, 0.25) is 0 Å². The molecule has 57 valence electrons. The molecule has 0 saturated carbocycles. The van der Waals surface area contributed by atoms with E-state index in [2.05, 4.69) is 7.05 Å². The summed E-state index contributed by atoms with van der Waals surface area (Å²) in [7, 11) is 3.65. The average molecular weight is 142 g/mol. The standard InChI is InChI=1S/C7H12NO2/c1-8-5-3-2-4-6(8)7(9)10/h6H,1-5H2,(H,9,10). The van der Waals surface area contributed by atoms with Crippen LogP contribution < -0.4 is 0 Å². The van der Waals surface area contributed by atoms with E-state index in [0.29, 0.717) is 0 Å². The van der Waals surface area contributed by atoms with Crippen molar-refractivity contribution in [3.8, 4) is 0 Å². The zero-order chi connectivity index (χ0) is 7.56. The smallest absolute Gasteiger partial charge is 0.320 e. The Hall–Kier alpha value is -0.570. The molecule has 1 heterocycles. The summed E-state index contributed by atoms with van der Waals surface area (Å²) in [5.41, 5.74) is 0. The number of nitrogens with zero attached hydrogens (tertiary/aromatic N) is 1. The summed E-state index contributed by atoms with van der Waals surface area (Å²) >= 11 is 0. The Kier molecular flexibility index (Phi) is 2.27. The van der Waals surface area contributed by atoms with Crippen LogP contribution in [0.2, 0.25) is 0 Å². The molecule has 1 atom stereocenters. The van der Waals surface area contributed by atoms with Gasteiger partial charge in [-0.3, -0.25) is 9.69 Å². The second-order valence-corrected chi connectivity index (χ2v) is 2.66. The van der Waals surface area contributed by atoms with Gasteiger partial charge in [0.15, 0.2) is 0 Å². The van der Waals surface area contributed by atoms with Crippen molar-refractivity contribution in [3.63, 3.8) is 0 Å². The third kappa shape index (κ3) is 1.48. The molecule has 0 aromatic rings. The zero-order valence-corrected chi connectivity index (χ0v) is 5.92. The van der Waals surface area contributed by atoms with Crippen LogP contribution in [0.1, 0.15) is 19.3 Å². The van der Waals surface area contributed by atoms with Gasteiger partial charge >= 0.3 is 5.97 Å². The third-order valence-electron chi connectivity index (χ3n) is 1.90. The normalized spacial score (nSPS) is 28.3. The fourth-order valence-corrected chi connectivity index (χ4v) is 1.27. The van der Waals surface area contributed by atoms with E-state index in [1.165, 1.54) is 0 Å². The van der Waals surface area contributed by atoms with Gasteiger partial charge in [0.1, 0.15) is 6.04 Å². The highest BCUT2D eigenvalue weighted by Gasteiger charge is 2.24. The molecule has 0 aliphatic carbocycles. The van der Waals surface area contributed by atoms with E-state index >= 15 is 0 Å². The van der Waals surface area contributed by atoms with Crippen LogP contribution in [0, 0.1) is 7.05 Å². The molecule has 0 spiro atoms. The lowest BCUT2D eigenvalue weighted by atomic mass is 10.0. The summed E-state index contributed by atoms with van der Waals surface area (Å²) in [5.74, 6) is -0.741. The molecule has 0 aromatic carbocycles. The zero-order valence-electron chi connectivity index (χ0n) is 5.92. The van der Waals surface area contributed by atoms with Crippen molar-refractivity contribution in [2.24, 2.45) is 0 Å². The highest BCUT2D eigenvalue weighted by Crippen LogP contribution is 2.15. The number of likely N-dealkylation sites (tertiary alicyclic amines) is 1. The number of carboxylic acid groups (broad SMARTS) is 1. The van der Waals surface area contributed by atoms with Gasteiger partial charge in [-0.2, -0.15) is 0 Å². The maximum Gasteiger partial charge on any atom is 0.320 e. The minimum atomic E-state index is -0.741. The molecule has 1 saturated heterocycles. The van der Waals surface area contributed by atoms with E-state index in [1.54, 1.807) is 4.90 Å². The Bertz CT molecular complexity index is 136. The Morgan fingerprint density at radius 3 is 2.70 bits per heavy atom. The fraction of sp³-hybridized carbons (Fsp3) is 0.714. The predicted molar refractivity (Wildman–Crippen MR) is 37.3 cm³/mol. The summed E-state index contributed by atoms with van der Waals surface area (Å²) in [6.07, 6.45) is 2.84. The molecule has 0 bridgehead atoms. The maximum atomic E-state index is 10.5. The molecular formula is C7H12NO2. The van der Waals surface area contributed by atoms with Gasteiger partial charge in [-0.15, -0.1) is 0 Å². The predicted octanol–water partition coefficient (Wildman–Crippen LogP) is 0.717. The number of hydrogen-bond donors (Lipinski definition) is 1. The van der Waals surface area contributed by atoms with Gasteiger partial charge in [0.05, 0.1) is 0 Å². The minimum Gasteiger partial charge on any atom is -0.480 e. The summed E-state index contributed by atoms with van der Waals surface area (Å²) in [6.45, 7) is 0.816. The van der Waals surface area contributed by atoms with Gasteiger partial charge < -0.3 is 5.11 Å². The molecule has 1 rings (SSSR count). The molecule has 1 aliphatic heterocycles. The molecule has 1 fully saturated rings. The minimum absolute atomic E-state index is 0.339. The lowest BCUT2D eigenvalue weighted by Gasteiger charge is -2.28. The first-order valence-corrected chi connectivity index (χ1v) is 3.52. The first-order chi connectivity index (χ1) is 4.72. The molecule has 1 N–H and O–H groups in total. The van der Waals surface area contributed by atoms with Crippen LogP contribution in [-0.2, 0) is 4.79 Å². The van der Waals surface area contributed by atoms with Gasteiger partial charge in [0.25, 0.3) is 0 Å².